The van der Waals surface area contributed by atoms with Gasteiger partial charge >= 0.3 is 0 Å². The quantitative estimate of drug-likeness (QED) is 0.787. The van der Waals surface area contributed by atoms with Crippen LogP contribution in [-0.4, -0.2) is 12.5 Å². The van der Waals surface area contributed by atoms with Gasteiger partial charge in [0.25, 0.3) is 5.91 Å². The van der Waals surface area contributed by atoms with Crippen molar-refractivity contribution >= 4 is 17.5 Å². The van der Waals surface area contributed by atoms with Crippen molar-refractivity contribution in [3.63, 3.8) is 0 Å². The van der Waals surface area contributed by atoms with Gasteiger partial charge in [0, 0.05) is 12.1 Å². The summed E-state index contributed by atoms with van der Waals surface area (Å²) in [7, 11) is 0. The molecule has 1 aromatic rings. The van der Waals surface area contributed by atoms with E-state index in [1.54, 1.807) is 0 Å². The van der Waals surface area contributed by atoms with Crippen LogP contribution in [0.15, 0.2) is 18.2 Å². The zero-order valence-corrected chi connectivity index (χ0v) is 10.2. The Balaban J connectivity index is 2.39. The maximum absolute atomic E-state index is 11.8. The summed E-state index contributed by atoms with van der Waals surface area (Å²) in [5, 5.41) is 2.90. The summed E-state index contributed by atoms with van der Waals surface area (Å²) in [6.07, 6.45) is 2.85. The van der Waals surface area contributed by atoms with Gasteiger partial charge in [-0.25, -0.2) is 0 Å². The van der Waals surface area contributed by atoms with Crippen molar-refractivity contribution < 1.29 is 4.79 Å². The average molecular weight is 238 g/mol. The van der Waals surface area contributed by atoms with Gasteiger partial charge in [0.15, 0.2) is 0 Å². The van der Waals surface area contributed by atoms with Crippen LogP contribution in [0.25, 0.3) is 0 Å². The molecule has 0 bridgehead atoms. The molecule has 0 saturated carbocycles. The Hall–Kier alpha value is -1.02. The van der Waals surface area contributed by atoms with E-state index in [1.807, 2.05) is 25.1 Å². The van der Waals surface area contributed by atoms with Gasteiger partial charge in [0.2, 0.25) is 0 Å². The van der Waals surface area contributed by atoms with Crippen LogP contribution in [0, 0.1) is 0 Å². The molecule has 0 radical (unpaired) electrons. The number of hydrogen-bond acceptors (Lipinski definition) is 1. The van der Waals surface area contributed by atoms with Crippen molar-refractivity contribution in [3.8, 4) is 0 Å². The van der Waals surface area contributed by atoms with Gasteiger partial charge in [-0.3, -0.25) is 4.79 Å². The zero-order chi connectivity index (χ0) is 11.5. The van der Waals surface area contributed by atoms with Crippen molar-refractivity contribution in [2.45, 2.75) is 31.6 Å². The SMILES string of the molecule is CCC(Cl)c1ccc2c(c1)C(=O)NCCC2. The molecule has 0 fully saturated rings. The summed E-state index contributed by atoms with van der Waals surface area (Å²) in [4.78, 5) is 11.8. The van der Waals surface area contributed by atoms with Crippen molar-refractivity contribution in [3.05, 3.63) is 34.9 Å². The maximum atomic E-state index is 11.8. The number of hydrogen-bond donors (Lipinski definition) is 1. The molecule has 3 heteroatoms. The molecule has 1 aliphatic rings. The van der Waals surface area contributed by atoms with Crippen LogP contribution < -0.4 is 5.32 Å². The van der Waals surface area contributed by atoms with Crippen LogP contribution >= 0.6 is 11.6 Å². The first kappa shape index (κ1) is 11.5. The minimum Gasteiger partial charge on any atom is -0.352 e. The summed E-state index contributed by atoms with van der Waals surface area (Å²) in [5.74, 6) is 0.0364. The molecule has 1 N–H and O–H groups in total. The standard InChI is InChI=1S/C13H16ClNO/c1-2-12(14)10-6-5-9-4-3-7-15-13(16)11(9)8-10/h5-6,8,12H,2-4,7H2,1H3,(H,15,16). The Bertz CT molecular complexity index is 403. The first-order valence-electron chi connectivity index (χ1n) is 5.77. The number of fused-ring (bicyclic) bond motifs is 1. The second-order valence-corrected chi connectivity index (χ2v) is 4.68. The molecule has 1 aliphatic heterocycles. The number of carbonyl (C=O) groups is 1. The van der Waals surface area contributed by atoms with Crippen molar-refractivity contribution in [2.24, 2.45) is 0 Å². The molecular formula is C13H16ClNO. The lowest BCUT2D eigenvalue weighted by Crippen LogP contribution is -2.22. The van der Waals surface area contributed by atoms with E-state index in [-0.39, 0.29) is 11.3 Å². The minimum atomic E-state index is 0.00125. The second-order valence-electron chi connectivity index (χ2n) is 4.15. The molecule has 1 amide bonds. The van der Waals surface area contributed by atoms with E-state index < -0.39 is 0 Å². The van der Waals surface area contributed by atoms with Crippen LogP contribution in [0.2, 0.25) is 0 Å². The smallest absolute Gasteiger partial charge is 0.251 e. The van der Waals surface area contributed by atoms with Crippen LogP contribution in [0.3, 0.4) is 0 Å². The summed E-state index contributed by atoms with van der Waals surface area (Å²) in [6, 6.07) is 6.02. The van der Waals surface area contributed by atoms with E-state index in [9.17, 15) is 4.79 Å². The molecule has 1 unspecified atom stereocenters. The molecule has 0 saturated heterocycles. The summed E-state index contributed by atoms with van der Waals surface area (Å²) < 4.78 is 0. The van der Waals surface area contributed by atoms with Gasteiger partial charge in [0.05, 0.1) is 5.38 Å². The van der Waals surface area contributed by atoms with Gasteiger partial charge in [-0.1, -0.05) is 19.1 Å². The van der Waals surface area contributed by atoms with Crippen LogP contribution in [0.5, 0.6) is 0 Å². The number of amides is 1. The number of alkyl halides is 1. The Morgan fingerprint density at radius 2 is 2.31 bits per heavy atom. The lowest BCUT2D eigenvalue weighted by atomic mass is 9.99. The third-order valence-electron chi connectivity index (χ3n) is 3.01. The highest BCUT2D eigenvalue weighted by molar-refractivity contribution is 6.20. The molecule has 1 heterocycles. The number of halogens is 1. The molecule has 86 valence electrons. The summed E-state index contributed by atoms with van der Waals surface area (Å²) >= 11 is 6.19. The van der Waals surface area contributed by atoms with Gasteiger partial charge in [0.1, 0.15) is 0 Å². The molecular weight excluding hydrogens is 222 g/mol. The predicted octanol–water partition coefficient (Wildman–Crippen LogP) is 3.05. The summed E-state index contributed by atoms with van der Waals surface area (Å²) in [6.45, 7) is 2.81. The highest BCUT2D eigenvalue weighted by Crippen LogP contribution is 2.26. The van der Waals surface area contributed by atoms with E-state index in [1.165, 1.54) is 0 Å². The van der Waals surface area contributed by atoms with Crippen LogP contribution in [0.1, 0.15) is 46.6 Å². The molecule has 2 nitrogen and oxygen atoms in total. The largest absolute Gasteiger partial charge is 0.352 e. The number of carbonyl (C=O) groups excluding carboxylic acids is 1. The minimum absolute atomic E-state index is 0.00125. The molecule has 1 aromatic carbocycles. The van der Waals surface area contributed by atoms with Crippen molar-refractivity contribution in [1.82, 2.24) is 5.32 Å². The van der Waals surface area contributed by atoms with Gasteiger partial charge < -0.3 is 5.32 Å². The molecule has 2 rings (SSSR count). The highest BCUT2D eigenvalue weighted by atomic mass is 35.5. The zero-order valence-electron chi connectivity index (χ0n) is 9.42. The Labute approximate surface area is 101 Å². The highest BCUT2D eigenvalue weighted by Gasteiger charge is 2.16. The first-order chi connectivity index (χ1) is 7.72. The van der Waals surface area contributed by atoms with E-state index >= 15 is 0 Å². The van der Waals surface area contributed by atoms with E-state index in [0.29, 0.717) is 0 Å². The van der Waals surface area contributed by atoms with E-state index in [4.69, 9.17) is 11.6 Å². The van der Waals surface area contributed by atoms with Crippen LogP contribution in [0.4, 0.5) is 0 Å². The molecule has 0 aromatic heterocycles. The van der Waals surface area contributed by atoms with Crippen molar-refractivity contribution in [1.29, 1.82) is 0 Å². The lowest BCUT2D eigenvalue weighted by molar-refractivity contribution is 0.0956. The van der Waals surface area contributed by atoms with Gasteiger partial charge in [-0.15, -0.1) is 11.6 Å². The van der Waals surface area contributed by atoms with Gasteiger partial charge in [-0.2, -0.15) is 0 Å². The Morgan fingerprint density at radius 3 is 3.06 bits per heavy atom. The Kier molecular flexibility index (Phi) is 3.49. The molecule has 16 heavy (non-hydrogen) atoms. The predicted molar refractivity (Wildman–Crippen MR) is 66.0 cm³/mol. The fraction of sp³-hybridized carbons (Fsp3) is 0.462. The average Bonchev–Trinajstić information content (AvgIpc) is 2.50. The topological polar surface area (TPSA) is 29.1 Å². The molecule has 0 spiro atoms. The number of rotatable bonds is 2. The van der Waals surface area contributed by atoms with Crippen molar-refractivity contribution in [2.75, 3.05) is 6.54 Å². The maximum Gasteiger partial charge on any atom is 0.251 e. The molecule has 1 atom stereocenters. The number of benzene rings is 1. The normalized spacial score (nSPS) is 17.2. The molecule has 0 aliphatic carbocycles. The lowest BCUT2D eigenvalue weighted by Gasteiger charge is -2.11. The van der Waals surface area contributed by atoms with E-state index in [2.05, 4.69) is 5.32 Å². The van der Waals surface area contributed by atoms with E-state index in [0.717, 1.165) is 42.5 Å². The summed E-state index contributed by atoms with van der Waals surface area (Å²) in [5.41, 5.74) is 2.98. The fourth-order valence-corrected chi connectivity index (χ4v) is 2.17. The van der Waals surface area contributed by atoms with Crippen LogP contribution in [-0.2, 0) is 6.42 Å². The van der Waals surface area contributed by atoms with Gasteiger partial charge in [-0.05, 0) is 36.5 Å². The number of nitrogens with one attached hydrogen (secondary N) is 1. The monoisotopic (exact) mass is 237 g/mol. The number of aryl methyl sites for hydroxylation is 1. The Morgan fingerprint density at radius 1 is 1.50 bits per heavy atom. The third kappa shape index (κ3) is 2.22. The first-order valence-corrected chi connectivity index (χ1v) is 6.21. The fourth-order valence-electron chi connectivity index (χ4n) is 2.03. The second kappa shape index (κ2) is 4.88. The third-order valence-corrected chi connectivity index (χ3v) is 3.57.